The van der Waals surface area contributed by atoms with E-state index in [9.17, 15) is 8.78 Å². The summed E-state index contributed by atoms with van der Waals surface area (Å²) in [5, 5.41) is 4.50. The highest BCUT2D eigenvalue weighted by Crippen LogP contribution is 2.35. The zero-order valence-electron chi connectivity index (χ0n) is 19.2. The van der Waals surface area contributed by atoms with Gasteiger partial charge in [0.05, 0.1) is 11.4 Å². The molecule has 1 fully saturated rings. The lowest BCUT2D eigenvalue weighted by molar-refractivity contribution is 0.231. The Morgan fingerprint density at radius 1 is 1.03 bits per heavy atom. The molecule has 34 heavy (non-hydrogen) atoms. The quantitative estimate of drug-likeness (QED) is 0.402. The van der Waals surface area contributed by atoms with Crippen LogP contribution in [0.2, 0.25) is 0 Å². The second-order valence-corrected chi connectivity index (χ2v) is 9.50. The van der Waals surface area contributed by atoms with E-state index in [0.29, 0.717) is 19.6 Å². The molecule has 0 radical (unpaired) electrons. The van der Waals surface area contributed by atoms with E-state index < -0.39 is 6.17 Å². The summed E-state index contributed by atoms with van der Waals surface area (Å²) in [5.74, 6) is 0.511. The first-order chi connectivity index (χ1) is 16.5. The number of anilines is 1. The van der Waals surface area contributed by atoms with Crippen LogP contribution < -0.4 is 4.90 Å². The van der Waals surface area contributed by atoms with E-state index >= 15 is 0 Å². The van der Waals surface area contributed by atoms with E-state index in [4.69, 9.17) is 0 Å². The first kappa shape index (κ1) is 21.0. The molecule has 8 heteroatoms. The first-order valence-corrected chi connectivity index (χ1v) is 11.5. The lowest BCUT2D eigenvalue weighted by Crippen LogP contribution is -2.28. The topological polar surface area (TPSA) is 42.1 Å². The molecule has 0 N–H and O–H groups in total. The predicted octanol–water partition coefficient (Wildman–Crippen LogP) is 4.24. The smallest absolute Gasteiger partial charge is 0.179 e. The lowest BCUT2D eigenvalue weighted by Gasteiger charge is -2.21. The normalized spacial score (nSPS) is 19.1. The van der Waals surface area contributed by atoms with Crippen molar-refractivity contribution in [1.29, 1.82) is 0 Å². The zero-order valence-corrected chi connectivity index (χ0v) is 19.2. The molecule has 2 aromatic carbocycles. The Bertz CT molecular complexity index is 1340. The van der Waals surface area contributed by atoms with Crippen molar-refractivity contribution in [1.82, 2.24) is 24.2 Å². The van der Waals surface area contributed by atoms with Crippen LogP contribution in [-0.4, -0.2) is 64.1 Å². The minimum atomic E-state index is -0.836. The maximum Gasteiger partial charge on any atom is 0.179 e. The van der Waals surface area contributed by atoms with Gasteiger partial charge >= 0.3 is 0 Å². The highest BCUT2D eigenvalue weighted by molar-refractivity contribution is 5.71. The second-order valence-electron chi connectivity index (χ2n) is 9.50. The lowest BCUT2D eigenvalue weighted by atomic mass is 10.1. The van der Waals surface area contributed by atoms with Gasteiger partial charge in [-0.25, -0.2) is 18.4 Å². The number of benzene rings is 2. The molecular weight excluding hydrogens is 434 g/mol. The number of nitrogens with zero attached hydrogens (tertiary/aromatic N) is 6. The van der Waals surface area contributed by atoms with E-state index in [1.807, 2.05) is 18.8 Å². The van der Waals surface area contributed by atoms with Crippen LogP contribution in [0.4, 0.5) is 14.5 Å². The van der Waals surface area contributed by atoms with Gasteiger partial charge in [-0.15, -0.1) is 0 Å². The summed E-state index contributed by atoms with van der Waals surface area (Å²) in [6, 6.07) is 14.8. The monoisotopic (exact) mass is 460 g/mol. The maximum atomic E-state index is 14.7. The molecule has 2 atom stereocenters. The number of rotatable bonds is 4. The Morgan fingerprint density at radius 3 is 2.65 bits per heavy atom. The Labute approximate surface area is 197 Å². The molecule has 4 aromatic rings. The van der Waals surface area contributed by atoms with Gasteiger partial charge in [-0.1, -0.05) is 12.1 Å². The fourth-order valence-electron chi connectivity index (χ4n) is 5.19. The summed E-state index contributed by atoms with van der Waals surface area (Å²) in [4.78, 5) is 8.73. The molecule has 0 spiro atoms. The molecule has 0 aliphatic carbocycles. The average molecular weight is 461 g/mol. The van der Waals surface area contributed by atoms with Crippen molar-refractivity contribution in [3.05, 3.63) is 72.4 Å². The standard InChI is InChI=1S/C26H26F2N6/c1-31(2)11-20-14-32(15-23(20)28)22-7-8-24-19(9-22)13-33-12-18(17-3-5-21(27)6-4-17)10-25(33)26-29-16-30-34(24)26/h3-10,12,16,20,23H,11,13-15H2,1-2H3/t20-,23+/m1/s1. The van der Waals surface area contributed by atoms with Gasteiger partial charge in [0.2, 0.25) is 0 Å². The molecule has 0 bridgehead atoms. The number of alkyl halides is 1. The van der Waals surface area contributed by atoms with Gasteiger partial charge in [-0.2, -0.15) is 5.10 Å². The zero-order chi connectivity index (χ0) is 23.4. The molecule has 2 aliphatic rings. The van der Waals surface area contributed by atoms with E-state index in [0.717, 1.165) is 46.1 Å². The molecule has 1 saturated heterocycles. The van der Waals surface area contributed by atoms with Crippen molar-refractivity contribution < 1.29 is 8.78 Å². The molecule has 2 aromatic heterocycles. The van der Waals surface area contributed by atoms with Crippen LogP contribution in [0.1, 0.15) is 5.56 Å². The minimum Gasteiger partial charge on any atom is -0.368 e. The second kappa shape index (κ2) is 8.06. The van der Waals surface area contributed by atoms with Crippen molar-refractivity contribution in [2.75, 3.05) is 38.6 Å². The van der Waals surface area contributed by atoms with E-state index in [-0.39, 0.29) is 11.7 Å². The van der Waals surface area contributed by atoms with E-state index in [2.05, 4.69) is 54.9 Å². The van der Waals surface area contributed by atoms with Crippen LogP contribution >= 0.6 is 0 Å². The summed E-state index contributed by atoms with van der Waals surface area (Å²) < 4.78 is 32.2. The van der Waals surface area contributed by atoms with Crippen LogP contribution in [0.25, 0.3) is 28.3 Å². The minimum absolute atomic E-state index is 0.00467. The molecule has 6 nitrogen and oxygen atoms in total. The molecule has 4 heterocycles. The van der Waals surface area contributed by atoms with E-state index in [1.165, 1.54) is 12.1 Å². The summed E-state index contributed by atoms with van der Waals surface area (Å²) in [7, 11) is 3.98. The SMILES string of the molecule is CN(C)C[C@@H]1CN(c2ccc3c(c2)Cn2cc(-c4ccc(F)cc4)cc2-c2ncnn2-3)C[C@@H]1F. The highest BCUT2D eigenvalue weighted by Gasteiger charge is 2.33. The van der Waals surface area contributed by atoms with Crippen molar-refractivity contribution in [2.45, 2.75) is 12.7 Å². The van der Waals surface area contributed by atoms with Gasteiger partial charge in [0, 0.05) is 49.5 Å². The largest absolute Gasteiger partial charge is 0.368 e. The van der Waals surface area contributed by atoms with Crippen LogP contribution in [0.15, 0.2) is 61.1 Å². The van der Waals surface area contributed by atoms with Gasteiger partial charge in [-0.05, 0) is 61.6 Å². The molecule has 0 unspecified atom stereocenters. The van der Waals surface area contributed by atoms with Gasteiger partial charge in [0.1, 0.15) is 18.3 Å². The fourth-order valence-corrected chi connectivity index (χ4v) is 5.19. The van der Waals surface area contributed by atoms with Gasteiger partial charge < -0.3 is 14.4 Å². The van der Waals surface area contributed by atoms with Gasteiger partial charge in [0.15, 0.2) is 5.82 Å². The number of fused-ring (bicyclic) bond motifs is 5. The highest BCUT2D eigenvalue weighted by atomic mass is 19.1. The number of hydrogen-bond donors (Lipinski definition) is 0. The summed E-state index contributed by atoms with van der Waals surface area (Å²) in [5.41, 5.74) is 5.99. The third kappa shape index (κ3) is 3.58. The third-order valence-corrected chi connectivity index (χ3v) is 6.81. The summed E-state index contributed by atoms with van der Waals surface area (Å²) in [6.45, 7) is 2.49. The van der Waals surface area contributed by atoms with Crippen LogP contribution in [-0.2, 0) is 6.54 Å². The third-order valence-electron chi connectivity index (χ3n) is 6.81. The van der Waals surface area contributed by atoms with Crippen molar-refractivity contribution >= 4 is 5.69 Å². The molecule has 6 rings (SSSR count). The summed E-state index contributed by atoms with van der Waals surface area (Å²) >= 11 is 0. The van der Waals surface area contributed by atoms with Crippen molar-refractivity contribution in [3.8, 4) is 28.3 Å². The van der Waals surface area contributed by atoms with Crippen LogP contribution in [0, 0.1) is 11.7 Å². The molecule has 174 valence electrons. The summed E-state index contributed by atoms with van der Waals surface area (Å²) in [6.07, 6.45) is 2.80. The Kier molecular flexibility index (Phi) is 4.99. The van der Waals surface area contributed by atoms with Gasteiger partial charge in [-0.3, -0.25) is 0 Å². The first-order valence-electron chi connectivity index (χ1n) is 11.5. The number of aromatic nitrogens is 4. The fraction of sp³-hybridized carbons (Fsp3) is 0.308. The Morgan fingerprint density at radius 2 is 1.85 bits per heavy atom. The number of halogens is 2. The van der Waals surface area contributed by atoms with Crippen LogP contribution in [0.3, 0.4) is 0 Å². The number of hydrogen-bond acceptors (Lipinski definition) is 4. The molecular formula is C26H26F2N6. The average Bonchev–Trinajstić information content (AvgIpc) is 3.52. The molecule has 0 saturated carbocycles. The Balaban J connectivity index is 1.37. The molecule has 0 amide bonds. The maximum absolute atomic E-state index is 14.7. The van der Waals surface area contributed by atoms with E-state index in [1.54, 1.807) is 18.5 Å². The predicted molar refractivity (Wildman–Crippen MR) is 128 cm³/mol. The van der Waals surface area contributed by atoms with Crippen LogP contribution in [0.5, 0.6) is 0 Å². The van der Waals surface area contributed by atoms with Gasteiger partial charge in [0.25, 0.3) is 0 Å². The van der Waals surface area contributed by atoms with Crippen molar-refractivity contribution in [2.24, 2.45) is 5.92 Å². The van der Waals surface area contributed by atoms with Crippen molar-refractivity contribution in [3.63, 3.8) is 0 Å². The molecule has 2 aliphatic heterocycles. The Hall–Kier alpha value is -3.52.